The van der Waals surface area contributed by atoms with Crippen LogP contribution in [0.4, 0.5) is 13.2 Å². The molecule has 7 heteroatoms. The SMILES string of the molecule is CNC(=O)CCN(CCO)CC(F)(F)F. The number of aliphatic hydroxyl groups is 1. The van der Waals surface area contributed by atoms with Crippen LogP contribution in [0.2, 0.25) is 0 Å². The van der Waals surface area contributed by atoms with Gasteiger partial charge in [0.15, 0.2) is 0 Å². The molecule has 1 amide bonds. The Hall–Kier alpha value is -0.820. The molecule has 0 saturated heterocycles. The molecule has 0 radical (unpaired) electrons. The smallest absolute Gasteiger partial charge is 0.395 e. The maximum absolute atomic E-state index is 12.0. The van der Waals surface area contributed by atoms with Crippen molar-refractivity contribution in [2.24, 2.45) is 0 Å². The number of aliphatic hydroxyl groups excluding tert-OH is 1. The van der Waals surface area contributed by atoms with Gasteiger partial charge in [-0.05, 0) is 0 Å². The molecule has 0 heterocycles. The van der Waals surface area contributed by atoms with Crippen molar-refractivity contribution >= 4 is 5.91 Å². The summed E-state index contributed by atoms with van der Waals surface area (Å²) < 4.78 is 36.0. The van der Waals surface area contributed by atoms with E-state index in [1.807, 2.05) is 0 Å². The van der Waals surface area contributed by atoms with Gasteiger partial charge in [-0.1, -0.05) is 0 Å². The van der Waals surface area contributed by atoms with Crippen LogP contribution in [0.1, 0.15) is 6.42 Å². The van der Waals surface area contributed by atoms with Crippen molar-refractivity contribution in [2.75, 3.05) is 33.3 Å². The Bertz CT molecular complexity index is 197. The predicted molar refractivity (Wildman–Crippen MR) is 48.3 cm³/mol. The number of amides is 1. The highest BCUT2D eigenvalue weighted by atomic mass is 19.4. The topological polar surface area (TPSA) is 52.6 Å². The van der Waals surface area contributed by atoms with Crippen molar-refractivity contribution in [1.82, 2.24) is 10.2 Å². The van der Waals surface area contributed by atoms with Gasteiger partial charge in [0, 0.05) is 26.6 Å². The Morgan fingerprint density at radius 3 is 2.40 bits per heavy atom. The van der Waals surface area contributed by atoms with Crippen molar-refractivity contribution < 1.29 is 23.1 Å². The third kappa shape index (κ3) is 8.19. The molecule has 0 rings (SSSR count). The van der Waals surface area contributed by atoms with E-state index in [0.717, 1.165) is 4.90 Å². The van der Waals surface area contributed by atoms with Crippen LogP contribution in [0, 0.1) is 0 Å². The van der Waals surface area contributed by atoms with E-state index in [0.29, 0.717) is 0 Å². The van der Waals surface area contributed by atoms with Crippen LogP contribution in [0.5, 0.6) is 0 Å². The van der Waals surface area contributed by atoms with Crippen LogP contribution in [0.15, 0.2) is 0 Å². The summed E-state index contributed by atoms with van der Waals surface area (Å²) in [5.41, 5.74) is 0. The third-order valence-corrected chi connectivity index (χ3v) is 1.75. The summed E-state index contributed by atoms with van der Waals surface area (Å²) >= 11 is 0. The lowest BCUT2D eigenvalue weighted by molar-refractivity contribution is -0.148. The molecule has 0 aromatic carbocycles. The van der Waals surface area contributed by atoms with Gasteiger partial charge >= 0.3 is 6.18 Å². The highest BCUT2D eigenvalue weighted by Crippen LogP contribution is 2.16. The van der Waals surface area contributed by atoms with Crippen LogP contribution < -0.4 is 5.32 Å². The lowest BCUT2D eigenvalue weighted by Gasteiger charge is -2.22. The van der Waals surface area contributed by atoms with Crippen molar-refractivity contribution in [3.8, 4) is 0 Å². The van der Waals surface area contributed by atoms with E-state index in [2.05, 4.69) is 5.32 Å². The van der Waals surface area contributed by atoms with Gasteiger partial charge in [-0.25, -0.2) is 0 Å². The van der Waals surface area contributed by atoms with E-state index >= 15 is 0 Å². The molecular weight excluding hydrogens is 213 g/mol. The van der Waals surface area contributed by atoms with Gasteiger partial charge in [-0.2, -0.15) is 13.2 Å². The number of nitrogens with one attached hydrogen (secondary N) is 1. The van der Waals surface area contributed by atoms with E-state index in [4.69, 9.17) is 5.11 Å². The molecule has 0 aromatic heterocycles. The highest BCUT2D eigenvalue weighted by Gasteiger charge is 2.30. The summed E-state index contributed by atoms with van der Waals surface area (Å²) in [7, 11) is 1.42. The number of hydrogen-bond acceptors (Lipinski definition) is 3. The van der Waals surface area contributed by atoms with Crippen LogP contribution in [-0.4, -0.2) is 55.4 Å². The Morgan fingerprint density at radius 2 is 2.00 bits per heavy atom. The molecule has 0 aliphatic rings. The summed E-state index contributed by atoms with van der Waals surface area (Å²) in [5, 5.41) is 10.9. The van der Waals surface area contributed by atoms with Crippen LogP contribution in [-0.2, 0) is 4.79 Å². The Balaban J connectivity index is 3.99. The molecule has 0 bridgehead atoms. The van der Waals surface area contributed by atoms with Crippen molar-refractivity contribution in [2.45, 2.75) is 12.6 Å². The van der Waals surface area contributed by atoms with E-state index in [-0.39, 0.29) is 32.0 Å². The number of carbonyl (C=O) groups excluding carboxylic acids is 1. The van der Waals surface area contributed by atoms with E-state index < -0.39 is 12.7 Å². The fourth-order valence-corrected chi connectivity index (χ4v) is 1.05. The lowest BCUT2D eigenvalue weighted by atomic mass is 10.3. The van der Waals surface area contributed by atoms with E-state index in [9.17, 15) is 18.0 Å². The number of rotatable bonds is 6. The van der Waals surface area contributed by atoms with Crippen molar-refractivity contribution in [3.05, 3.63) is 0 Å². The maximum atomic E-state index is 12.0. The molecular formula is C8H15F3N2O2. The fourth-order valence-electron chi connectivity index (χ4n) is 1.05. The first-order chi connectivity index (χ1) is 6.89. The molecule has 0 fully saturated rings. The van der Waals surface area contributed by atoms with Gasteiger partial charge in [0.2, 0.25) is 5.91 Å². The Morgan fingerprint density at radius 1 is 1.40 bits per heavy atom. The molecule has 4 nitrogen and oxygen atoms in total. The van der Waals surface area contributed by atoms with Crippen LogP contribution in [0.25, 0.3) is 0 Å². The third-order valence-electron chi connectivity index (χ3n) is 1.75. The maximum Gasteiger partial charge on any atom is 0.401 e. The van der Waals surface area contributed by atoms with Gasteiger partial charge in [0.05, 0.1) is 13.2 Å². The van der Waals surface area contributed by atoms with Crippen molar-refractivity contribution in [3.63, 3.8) is 0 Å². The Labute approximate surface area is 86.1 Å². The van der Waals surface area contributed by atoms with E-state index in [1.165, 1.54) is 7.05 Å². The molecule has 90 valence electrons. The molecule has 0 aliphatic heterocycles. The first-order valence-corrected chi connectivity index (χ1v) is 4.49. The average molecular weight is 228 g/mol. The van der Waals surface area contributed by atoms with E-state index in [1.54, 1.807) is 0 Å². The highest BCUT2D eigenvalue weighted by molar-refractivity contribution is 5.75. The minimum absolute atomic E-state index is 0.00736. The normalized spacial score (nSPS) is 11.9. The monoisotopic (exact) mass is 228 g/mol. The molecule has 0 atom stereocenters. The zero-order valence-electron chi connectivity index (χ0n) is 8.47. The molecule has 0 saturated carbocycles. The molecule has 0 aliphatic carbocycles. The van der Waals surface area contributed by atoms with Gasteiger partial charge in [0.25, 0.3) is 0 Å². The van der Waals surface area contributed by atoms with Crippen LogP contribution in [0.3, 0.4) is 0 Å². The minimum atomic E-state index is -4.31. The second-order valence-electron chi connectivity index (χ2n) is 3.04. The zero-order valence-corrected chi connectivity index (χ0v) is 8.47. The second-order valence-corrected chi connectivity index (χ2v) is 3.04. The summed E-state index contributed by atoms with van der Waals surface area (Å²) in [6.07, 6.45) is -4.32. The predicted octanol–water partition coefficient (Wildman–Crippen LogP) is -0.0209. The number of carbonyl (C=O) groups is 1. The number of nitrogens with zero attached hydrogens (tertiary/aromatic N) is 1. The summed E-state index contributed by atoms with van der Waals surface area (Å²) in [4.78, 5) is 11.8. The van der Waals surface area contributed by atoms with Gasteiger partial charge < -0.3 is 10.4 Å². The van der Waals surface area contributed by atoms with Crippen molar-refractivity contribution in [1.29, 1.82) is 0 Å². The lowest BCUT2D eigenvalue weighted by Crippen LogP contribution is -2.38. The average Bonchev–Trinajstić information content (AvgIpc) is 2.11. The zero-order chi connectivity index (χ0) is 11.9. The summed E-state index contributed by atoms with van der Waals surface area (Å²) in [6.45, 7) is -1.56. The van der Waals surface area contributed by atoms with Gasteiger partial charge in [0.1, 0.15) is 0 Å². The second kappa shape index (κ2) is 6.62. The number of halogens is 3. The van der Waals surface area contributed by atoms with Gasteiger partial charge in [-0.15, -0.1) is 0 Å². The molecule has 0 aromatic rings. The molecule has 0 unspecified atom stereocenters. The first kappa shape index (κ1) is 14.2. The largest absolute Gasteiger partial charge is 0.401 e. The van der Waals surface area contributed by atoms with Gasteiger partial charge in [-0.3, -0.25) is 9.69 Å². The van der Waals surface area contributed by atoms with Crippen LogP contribution >= 0.6 is 0 Å². The first-order valence-electron chi connectivity index (χ1n) is 4.49. The summed E-state index contributed by atoms with van der Waals surface area (Å²) in [5.74, 6) is -0.319. The quantitative estimate of drug-likeness (QED) is 0.671. The fraction of sp³-hybridized carbons (Fsp3) is 0.875. The summed E-state index contributed by atoms with van der Waals surface area (Å²) in [6, 6.07) is 0. The Kier molecular flexibility index (Phi) is 6.26. The number of alkyl halides is 3. The standard InChI is InChI=1S/C8H15F3N2O2/c1-12-7(15)2-3-13(4-5-14)6-8(9,10)11/h14H,2-6H2,1H3,(H,12,15). The molecule has 15 heavy (non-hydrogen) atoms. The number of hydrogen-bond donors (Lipinski definition) is 2. The molecule has 0 spiro atoms. The molecule has 2 N–H and O–H groups in total. The minimum Gasteiger partial charge on any atom is -0.395 e.